The molecule has 1 saturated heterocycles. The Morgan fingerprint density at radius 3 is 2.57 bits per heavy atom. The predicted molar refractivity (Wildman–Crippen MR) is 102 cm³/mol. The minimum absolute atomic E-state index is 0.138. The second-order valence-corrected chi connectivity index (χ2v) is 6.88. The largest absolute Gasteiger partial charge is 0.366 e. The van der Waals surface area contributed by atoms with Gasteiger partial charge in [0.25, 0.3) is 5.91 Å². The van der Waals surface area contributed by atoms with E-state index in [-0.39, 0.29) is 24.3 Å². The van der Waals surface area contributed by atoms with Crippen molar-refractivity contribution in [3.05, 3.63) is 71.0 Å². The Hall–Kier alpha value is -3.22. The van der Waals surface area contributed by atoms with Crippen LogP contribution in [0.25, 0.3) is 0 Å². The molecule has 1 fully saturated rings. The van der Waals surface area contributed by atoms with Gasteiger partial charge in [0.2, 0.25) is 11.8 Å². The fourth-order valence-electron chi connectivity index (χ4n) is 3.32. The van der Waals surface area contributed by atoms with Gasteiger partial charge in [0.05, 0.1) is 5.92 Å². The Labute approximate surface area is 162 Å². The van der Waals surface area contributed by atoms with Crippen LogP contribution >= 0.6 is 0 Å². The third-order valence-corrected chi connectivity index (χ3v) is 4.85. The van der Waals surface area contributed by atoms with Gasteiger partial charge in [-0.3, -0.25) is 14.4 Å². The summed E-state index contributed by atoms with van der Waals surface area (Å²) in [5.74, 6) is -1.56. The van der Waals surface area contributed by atoms with Crippen LogP contribution in [0.3, 0.4) is 0 Å². The molecule has 28 heavy (non-hydrogen) atoms. The maximum absolute atomic E-state index is 13.1. The molecule has 3 rings (SSSR count). The molecule has 6 nitrogen and oxygen atoms in total. The smallest absolute Gasteiger partial charge is 0.253 e. The summed E-state index contributed by atoms with van der Waals surface area (Å²) in [6, 6.07) is 12.2. The lowest BCUT2D eigenvalue weighted by Gasteiger charge is -2.32. The number of hydrogen-bond acceptors (Lipinski definition) is 3. The van der Waals surface area contributed by atoms with Gasteiger partial charge in [-0.25, -0.2) is 4.39 Å². The number of primary amides is 1. The number of hydrogen-bond donors (Lipinski definition) is 2. The van der Waals surface area contributed by atoms with E-state index >= 15 is 0 Å². The first-order chi connectivity index (χ1) is 13.4. The quantitative estimate of drug-likeness (QED) is 0.828. The summed E-state index contributed by atoms with van der Waals surface area (Å²) in [5.41, 5.74) is 6.85. The molecule has 0 aliphatic carbocycles. The van der Waals surface area contributed by atoms with Crippen LogP contribution in [-0.4, -0.2) is 35.7 Å². The van der Waals surface area contributed by atoms with Crippen molar-refractivity contribution in [1.82, 2.24) is 10.2 Å². The summed E-state index contributed by atoms with van der Waals surface area (Å²) in [6.07, 6.45) is 1.42. The molecular weight excluding hydrogens is 361 g/mol. The molecule has 0 saturated carbocycles. The monoisotopic (exact) mass is 383 g/mol. The van der Waals surface area contributed by atoms with Gasteiger partial charge in [-0.05, 0) is 54.8 Å². The Kier molecular flexibility index (Phi) is 6.03. The van der Waals surface area contributed by atoms with Gasteiger partial charge < -0.3 is 16.0 Å². The number of rotatable bonds is 5. The van der Waals surface area contributed by atoms with Gasteiger partial charge in [-0.15, -0.1) is 0 Å². The molecule has 3 amide bonds. The Morgan fingerprint density at radius 2 is 1.86 bits per heavy atom. The molecule has 1 aliphatic heterocycles. The van der Waals surface area contributed by atoms with Crippen LogP contribution in [0.4, 0.5) is 4.39 Å². The molecule has 0 aromatic heterocycles. The minimum Gasteiger partial charge on any atom is -0.366 e. The molecule has 0 spiro atoms. The zero-order valence-corrected chi connectivity index (χ0v) is 15.4. The van der Waals surface area contributed by atoms with Gasteiger partial charge in [-0.2, -0.15) is 0 Å². The van der Waals surface area contributed by atoms with Crippen molar-refractivity contribution in [2.45, 2.75) is 19.4 Å². The highest BCUT2D eigenvalue weighted by molar-refractivity contribution is 5.95. The molecular formula is C21H22FN3O3. The summed E-state index contributed by atoms with van der Waals surface area (Å²) >= 11 is 0. The summed E-state index contributed by atoms with van der Waals surface area (Å²) in [6.45, 7) is 1.17. The highest BCUT2D eigenvalue weighted by Gasteiger charge is 2.28. The lowest BCUT2D eigenvalue weighted by Crippen LogP contribution is -2.45. The number of nitrogens with two attached hydrogens (primary N) is 1. The van der Waals surface area contributed by atoms with Gasteiger partial charge in [0, 0.05) is 30.8 Å². The summed E-state index contributed by atoms with van der Waals surface area (Å²) in [7, 11) is 0. The lowest BCUT2D eigenvalue weighted by atomic mass is 9.96. The molecule has 1 unspecified atom stereocenters. The van der Waals surface area contributed by atoms with Crippen molar-refractivity contribution in [3.63, 3.8) is 0 Å². The van der Waals surface area contributed by atoms with Crippen molar-refractivity contribution >= 4 is 17.7 Å². The van der Waals surface area contributed by atoms with Crippen LogP contribution < -0.4 is 11.1 Å². The van der Waals surface area contributed by atoms with E-state index in [1.54, 1.807) is 29.2 Å². The summed E-state index contributed by atoms with van der Waals surface area (Å²) < 4.78 is 13.1. The standard InChI is InChI=1S/C21H22FN3O3/c22-18-8-6-15(7-9-18)21(28)25-10-2-5-17(13-25)20(27)24-12-14-3-1-4-16(11-14)19(23)26/h1,3-4,6-9,11,17H,2,5,10,12-13H2,(H2,23,26)(H,24,27). The van der Waals surface area contributed by atoms with Crippen molar-refractivity contribution in [2.75, 3.05) is 13.1 Å². The molecule has 3 N–H and O–H groups in total. The number of carbonyl (C=O) groups excluding carboxylic acids is 3. The average molecular weight is 383 g/mol. The topological polar surface area (TPSA) is 92.5 Å². The predicted octanol–water partition coefficient (Wildman–Crippen LogP) is 2.09. The third-order valence-electron chi connectivity index (χ3n) is 4.85. The first-order valence-electron chi connectivity index (χ1n) is 9.15. The second-order valence-electron chi connectivity index (χ2n) is 6.88. The van der Waals surface area contributed by atoms with E-state index in [1.165, 1.54) is 24.3 Å². The molecule has 2 aromatic carbocycles. The van der Waals surface area contributed by atoms with Crippen LogP contribution in [0.5, 0.6) is 0 Å². The number of benzene rings is 2. The number of likely N-dealkylation sites (tertiary alicyclic amines) is 1. The molecule has 0 radical (unpaired) electrons. The second kappa shape index (κ2) is 8.65. The van der Waals surface area contributed by atoms with Gasteiger partial charge in [0.1, 0.15) is 5.82 Å². The number of halogens is 1. The Morgan fingerprint density at radius 1 is 1.11 bits per heavy atom. The number of nitrogens with one attached hydrogen (secondary N) is 1. The van der Waals surface area contributed by atoms with Crippen LogP contribution in [0.15, 0.2) is 48.5 Å². The molecule has 1 heterocycles. The van der Waals surface area contributed by atoms with Crippen molar-refractivity contribution in [2.24, 2.45) is 11.7 Å². The van der Waals surface area contributed by atoms with E-state index in [1.807, 2.05) is 0 Å². The van der Waals surface area contributed by atoms with Gasteiger partial charge in [-0.1, -0.05) is 12.1 Å². The zero-order valence-electron chi connectivity index (χ0n) is 15.4. The normalized spacial score (nSPS) is 16.5. The van der Waals surface area contributed by atoms with E-state index in [4.69, 9.17) is 5.73 Å². The number of carbonyl (C=O) groups is 3. The van der Waals surface area contributed by atoms with Gasteiger partial charge in [0.15, 0.2) is 0 Å². The molecule has 146 valence electrons. The van der Waals surface area contributed by atoms with Crippen molar-refractivity contribution in [3.8, 4) is 0 Å². The summed E-state index contributed by atoms with van der Waals surface area (Å²) in [4.78, 5) is 38.0. The Bertz CT molecular complexity index is 883. The van der Waals surface area contributed by atoms with E-state index < -0.39 is 11.7 Å². The fourth-order valence-corrected chi connectivity index (χ4v) is 3.32. The van der Waals surface area contributed by atoms with Crippen molar-refractivity contribution < 1.29 is 18.8 Å². The first-order valence-corrected chi connectivity index (χ1v) is 9.15. The van der Waals surface area contributed by atoms with E-state index in [0.29, 0.717) is 30.6 Å². The number of piperidine rings is 1. The van der Waals surface area contributed by atoms with Crippen LogP contribution in [0.1, 0.15) is 39.1 Å². The molecule has 0 bridgehead atoms. The van der Waals surface area contributed by atoms with Crippen molar-refractivity contribution in [1.29, 1.82) is 0 Å². The zero-order chi connectivity index (χ0) is 20.1. The Balaban J connectivity index is 1.58. The van der Waals surface area contributed by atoms with E-state index in [0.717, 1.165) is 12.0 Å². The number of amides is 3. The fraction of sp³-hybridized carbons (Fsp3) is 0.286. The average Bonchev–Trinajstić information content (AvgIpc) is 2.72. The van der Waals surface area contributed by atoms with E-state index in [2.05, 4.69) is 5.32 Å². The summed E-state index contributed by atoms with van der Waals surface area (Å²) in [5, 5.41) is 2.86. The SMILES string of the molecule is NC(=O)c1cccc(CNC(=O)C2CCCN(C(=O)c3ccc(F)cc3)C2)c1. The highest BCUT2D eigenvalue weighted by Crippen LogP contribution is 2.19. The van der Waals surface area contributed by atoms with Crippen LogP contribution in [0.2, 0.25) is 0 Å². The third kappa shape index (κ3) is 4.73. The highest BCUT2D eigenvalue weighted by atomic mass is 19.1. The lowest BCUT2D eigenvalue weighted by molar-refractivity contribution is -0.126. The molecule has 1 atom stereocenters. The molecule has 7 heteroatoms. The number of nitrogens with zero attached hydrogens (tertiary/aromatic N) is 1. The first kappa shape index (κ1) is 19.5. The maximum atomic E-state index is 13.1. The molecule has 1 aliphatic rings. The van der Waals surface area contributed by atoms with Crippen LogP contribution in [0, 0.1) is 11.7 Å². The van der Waals surface area contributed by atoms with Crippen LogP contribution in [-0.2, 0) is 11.3 Å². The maximum Gasteiger partial charge on any atom is 0.253 e. The van der Waals surface area contributed by atoms with Gasteiger partial charge >= 0.3 is 0 Å². The van der Waals surface area contributed by atoms with E-state index in [9.17, 15) is 18.8 Å². The molecule has 2 aromatic rings. The minimum atomic E-state index is -0.518.